The average Bonchev–Trinajstić information content (AvgIpc) is 2.56. The monoisotopic (exact) mass is 322 g/mol. The van der Waals surface area contributed by atoms with Crippen molar-refractivity contribution in [3.8, 4) is 11.5 Å². The topological polar surface area (TPSA) is 59.1 Å². The second kappa shape index (κ2) is 9.02. The van der Waals surface area contributed by atoms with Gasteiger partial charge in [0.15, 0.2) is 0 Å². The van der Waals surface area contributed by atoms with E-state index in [1.807, 2.05) is 0 Å². The highest BCUT2D eigenvalue weighted by Gasteiger charge is 2.21. The van der Waals surface area contributed by atoms with E-state index in [9.17, 15) is 9.59 Å². The van der Waals surface area contributed by atoms with Gasteiger partial charge in [0, 0.05) is 26.6 Å². The maximum atomic E-state index is 12.4. The third-order valence-electron chi connectivity index (χ3n) is 3.62. The minimum absolute atomic E-state index is 0.0287. The van der Waals surface area contributed by atoms with E-state index < -0.39 is 0 Å². The van der Waals surface area contributed by atoms with Crippen LogP contribution in [0.1, 0.15) is 26.7 Å². The molecule has 0 radical (unpaired) electrons. The molecule has 1 aromatic rings. The van der Waals surface area contributed by atoms with Gasteiger partial charge < -0.3 is 14.4 Å². The van der Waals surface area contributed by atoms with Gasteiger partial charge in [-0.2, -0.15) is 0 Å². The predicted molar refractivity (Wildman–Crippen MR) is 90.1 cm³/mol. The Labute approximate surface area is 138 Å². The van der Waals surface area contributed by atoms with Gasteiger partial charge in [-0.1, -0.05) is 13.3 Å². The molecule has 6 heteroatoms. The normalized spacial score (nSPS) is 10.1. The minimum atomic E-state index is -0.228. The molecule has 0 aromatic heterocycles. The summed E-state index contributed by atoms with van der Waals surface area (Å²) in [5.41, 5.74) is 0.525. The molecule has 1 aromatic carbocycles. The van der Waals surface area contributed by atoms with Crippen molar-refractivity contribution in [3.63, 3.8) is 0 Å². The maximum absolute atomic E-state index is 12.4. The number of carbonyl (C=O) groups is 2. The summed E-state index contributed by atoms with van der Waals surface area (Å²) < 4.78 is 10.5. The van der Waals surface area contributed by atoms with Crippen molar-refractivity contribution >= 4 is 17.5 Å². The van der Waals surface area contributed by atoms with E-state index in [0.29, 0.717) is 23.7 Å². The van der Waals surface area contributed by atoms with Gasteiger partial charge in [-0.25, -0.2) is 0 Å². The summed E-state index contributed by atoms with van der Waals surface area (Å²) in [6.07, 6.45) is 1.95. The third kappa shape index (κ3) is 5.16. The van der Waals surface area contributed by atoms with Crippen LogP contribution >= 0.6 is 0 Å². The molecule has 0 spiro atoms. The van der Waals surface area contributed by atoms with Crippen molar-refractivity contribution in [1.82, 2.24) is 4.90 Å². The summed E-state index contributed by atoms with van der Waals surface area (Å²) in [7, 11) is 4.82. The van der Waals surface area contributed by atoms with Gasteiger partial charge in [0.05, 0.1) is 19.9 Å². The molecular formula is C17H26N2O4. The molecule has 2 amide bonds. The first-order valence-electron chi connectivity index (χ1n) is 7.68. The first kappa shape index (κ1) is 18.8. The lowest BCUT2D eigenvalue weighted by Crippen LogP contribution is -2.41. The number of likely N-dealkylation sites (N-methyl/N-ethyl adjacent to an activating group) is 1. The summed E-state index contributed by atoms with van der Waals surface area (Å²) in [5.74, 6) is 0.774. The lowest BCUT2D eigenvalue weighted by molar-refractivity contribution is -0.130. The van der Waals surface area contributed by atoms with E-state index in [4.69, 9.17) is 9.47 Å². The summed E-state index contributed by atoms with van der Waals surface area (Å²) >= 11 is 0. The molecule has 0 N–H and O–H groups in total. The standard InChI is InChI=1S/C17H26N2O4/c1-6-7-10-18(3)17(21)12-19(13(2)20)15-11-14(22-4)8-9-16(15)23-5/h8-9,11H,6-7,10,12H2,1-5H3. The van der Waals surface area contributed by atoms with E-state index in [-0.39, 0.29) is 18.4 Å². The predicted octanol–water partition coefficient (Wildman–Crippen LogP) is 2.32. The van der Waals surface area contributed by atoms with Crippen LogP contribution in [0.2, 0.25) is 0 Å². The molecule has 0 bridgehead atoms. The molecule has 1 rings (SSSR count). The maximum Gasteiger partial charge on any atom is 0.242 e. The molecule has 0 atom stereocenters. The molecule has 0 saturated carbocycles. The summed E-state index contributed by atoms with van der Waals surface area (Å²) in [4.78, 5) is 27.4. The van der Waals surface area contributed by atoms with Crippen molar-refractivity contribution in [3.05, 3.63) is 18.2 Å². The Morgan fingerprint density at radius 1 is 1.17 bits per heavy atom. The highest BCUT2D eigenvalue weighted by atomic mass is 16.5. The fraction of sp³-hybridized carbons (Fsp3) is 0.529. The van der Waals surface area contributed by atoms with Gasteiger partial charge in [0.25, 0.3) is 0 Å². The fourth-order valence-electron chi connectivity index (χ4n) is 2.15. The van der Waals surface area contributed by atoms with Crippen molar-refractivity contribution in [2.24, 2.45) is 0 Å². The molecule has 0 saturated heterocycles. The van der Waals surface area contributed by atoms with E-state index in [1.165, 1.54) is 18.9 Å². The number of anilines is 1. The Kier molecular flexibility index (Phi) is 7.38. The second-order valence-corrected chi connectivity index (χ2v) is 5.31. The Hall–Kier alpha value is -2.24. The Morgan fingerprint density at radius 3 is 2.39 bits per heavy atom. The molecule has 0 unspecified atom stereocenters. The van der Waals surface area contributed by atoms with Crippen LogP contribution in [-0.4, -0.2) is 51.1 Å². The van der Waals surface area contributed by atoms with Gasteiger partial charge in [-0.15, -0.1) is 0 Å². The van der Waals surface area contributed by atoms with Crippen LogP contribution in [0.15, 0.2) is 18.2 Å². The van der Waals surface area contributed by atoms with E-state index >= 15 is 0 Å². The molecule has 0 aliphatic carbocycles. The summed E-state index contributed by atoms with van der Waals surface area (Å²) in [5, 5.41) is 0. The number of ether oxygens (including phenoxy) is 2. The summed E-state index contributed by atoms with van der Waals surface area (Å²) in [6, 6.07) is 5.16. The number of methoxy groups -OCH3 is 2. The van der Waals surface area contributed by atoms with E-state index in [2.05, 4.69) is 6.92 Å². The minimum Gasteiger partial charge on any atom is -0.497 e. The number of nitrogens with zero attached hydrogens (tertiary/aromatic N) is 2. The van der Waals surface area contributed by atoms with Crippen LogP contribution in [0.25, 0.3) is 0 Å². The van der Waals surface area contributed by atoms with Gasteiger partial charge in [-0.3, -0.25) is 14.5 Å². The molecule has 128 valence electrons. The highest BCUT2D eigenvalue weighted by molar-refractivity contribution is 5.98. The Bertz CT molecular complexity index is 545. The van der Waals surface area contributed by atoms with Crippen molar-refractivity contribution in [2.45, 2.75) is 26.7 Å². The largest absolute Gasteiger partial charge is 0.497 e. The van der Waals surface area contributed by atoms with Crippen LogP contribution in [0, 0.1) is 0 Å². The SMILES string of the molecule is CCCCN(C)C(=O)CN(C(C)=O)c1cc(OC)ccc1OC. The molecule has 6 nitrogen and oxygen atoms in total. The van der Waals surface area contributed by atoms with Crippen LogP contribution in [0.4, 0.5) is 5.69 Å². The van der Waals surface area contributed by atoms with Gasteiger partial charge in [0.1, 0.15) is 18.0 Å². The van der Waals surface area contributed by atoms with Crippen molar-refractivity contribution in [1.29, 1.82) is 0 Å². The number of carbonyl (C=O) groups excluding carboxylic acids is 2. The molecule has 0 aliphatic rings. The Balaban J connectivity index is 3.03. The first-order valence-corrected chi connectivity index (χ1v) is 7.68. The molecule has 23 heavy (non-hydrogen) atoms. The number of hydrogen-bond acceptors (Lipinski definition) is 4. The van der Waals surface area contributed by atoms with Gasteiger partial charge in [0.2, 0.25) is 11.8 Å². The van der Waals surface area contributed by atoms with Crippen LogP contribution in [0.3, 0.4) is 0 Å². The quantitative estimate of drug-likeness (QED) is 0.737. The van der Waals surface area contributed by atoms with Gasteiger partial charge >= 0.3 is 0 Å². The van der Waals surface area contributed by atoms with Crippen LogP contribution in [-0.2, 0) is 9.59 Å². The molecule has 0 fully saturated rings. The van der Waals surface area contributed by atoms with Crippen molar-refractivity contribution < 1.29 is 19.1 Å². The van der Waals surface area contributed by atoms with Crippen molar-refractivity contribution in [2.75, 3.05) is 39.3 Å². The number of rotatable bonds is 8. The van der Waals surface area contributed by atoms with Crippen LogP contribution < -0.4 is 14.4 Å². The lowest BCUT2D eigenvalue weighted by atomic mass is 10.2. The van der Waals surface area contributed by atoms with E-state index in [0.717, 1.165) is 12.8 Å². The fourth-order valence-corrected chi connectivity index (χ4v) is 2.15. The number of benzene rings is 1. The molecular weight excluding hydrogens is 296 g/mol. The molecule has 0 aliphatic heterocycles. The number of hydrogen-bond donors (Lipinski definition) is 0. The smallest absolute Gasteiger partial charge is 0.242 e. The zero-order chi connectivity index (χ0) is 17.4. The van der Waals surface area contributed by atoms with Gasteiger partial charge in [-0.05, 0) is 18.6 Å². The first-order chi connectivity index (χ1) is 10.9. The lowest BCUT2D eigenvalue weighted by Gasteiger charge is -2.26. The zero-order valence-corrected chi connectivity index (χ0v) is 14.6. The molecule has 0 heterocycles. The second-order valence-electron chi connectivity index (χ2n) is 5.31. The Morgan fingerprint density at radius 2 is 1.87 bits per heavy atom. The van der Waals surface area contributed by atoms with Crippen LogP contribution in [0.5, 0.6) is 11.5 Å². The third-order valence-corrected chi connectivity index (χ3v) is 3.62. The number of unbranched alkanes of at least 4 members (excludes halogenated alkanes) is 1. The van der Waals surface area contributed by atoms with E-state index in [1.54, 1.807) is 37.3 Å². The summed E-state index contributed by atoms with van der Waals surface area (Å²) in [6.45, 7) is 4.15. The zero-order valence-electron chi connectivity index (χ0n) is 14.6. The highest BCUT2D eigenvalue weighted by Crippen LogP contribution is 2.32. The number of amides is 2. The average molecular weight is 322 g/mol.